The number of halogens is 1. The summed E-state index contributed by atoms with van der Waals surface area (Å²) in [5, 5.41) is 14.9. The largest absolute Gasteiger partial charge is 0.408 e. The molecule has 0 aliphatic rings. The first-order valence-electron chi connectivity index (χ1n) is 6.11. The Labute approximate surface area is 119 Å². The van der Waals surface area contributed by atoms with Crippen LogP contribution in [0.5, 0.6) is 0 Å². The molecule has 6 heteroatoms. The van der Waals surface area contributed by atoms with Gasteiger partial charge in [-0.25, -0.2) is 4.39 Å². The van der Waals surface area contributed by atoms with E-state index in [0.717, 1.165) is 11.1 Å². The molecular weight excluding hydrogens is 277 g/mol. The summed E-state index contributed by atoms with van der Waals surface area (Å²) in [5.41, 5.74) is 1.97. The Morgan fingerprint density at radius 1 is 1.20 bits per heavy atom. The highest BCUT2D eigenvalue weighted by Gasteiger charge is 2.07. The molecule has 0 fully saturated rings. The number of nitrogens with one attached hydrogen (secondary N) is 1. The number of anilines is 1. The lowest BCUT2D eigenvalue weighted by molar-refractivity contribution is 0.516. The fourth-order valence-corrected chi connectivity index (χ4v) is 2.46. The zero-order chi connectivity index (χ0) is 13.8. The van der Waals surface area contributed by atoms with Gasteiger partial charge in [0.1, 0.15) is 5.82 Å². The number of benzene rings is 1. The van der Waals surface area contributed by atoms with Crippen molar-refractivity contribution in [2.24, 2.45) is 0 Å². The third-order valence-electron chi connectivity index (χ3n) is 2.74. The maximum Gasteiger partial charge on any atom is 0.315 e. The van der Waals surface area contributed by atoms with Crippen LogP contribution in [0.4, 0.5) is 10.4 Å². The van der Waals surface area contributed by atoms with Crippen molar-refractivity contribution in [1.29, 1.82) is 0 Å². The van der Waals surface area contributed by atoms with Crippen LogP contribution in [0.1, 0.15) is 17.0 Å². The summed E-state index contributed by atoms with van der Waals surface area (Å²) in [6.45, 7) is 0.442. The number of hydrogen-bond acceptors (Lipinski definition) is 5. The molecule has 0 saturated heterocycles. The molecule has 0 aliphatic carbocycles. The lowest BCUT2D eigenvalue weighted by Gasteiger charge is -2.01. The fraction of sp³-hybridized carbons (Fsp3) is 0.143. The summed E-state index contributed by atoms with van der Waals surface area (Å²) in [5.74, 6) is 0.304. The first-order chi connectivity index (χ1) is 9.79. The predicted molar refractivity (Wildman–Crippen MR) is 75.1 cm³/mol. The first-order valence-corrected chi connectivity index (χ1v) is 7.05. The van der Waals surface area contributed by atoms with Crippen LogP contribution in [0.2, 0.25) is 0 Å². The molecule has 0 radical (unpaired) electrons. The average Bonchev–Trinajstić information content (AvgIpc) is 3.09. The number of hydrogen-bond donors (Lipinski definition) is 1. The highest BCUT2D eigenvalue weighted by Crippen LogP contribution is 2.14. The summed E-state index contributed by atoms with van der Waals surface area (Å²) in [6, 6.07) is 8.75. The molecule has 0 aliphatic heterocycles. The lowest BCUT2D eigenvalue weighted by atomic mass is 10.2. The second kappa shape index (κ2) is 5.83. The summed E-state index contributed by atoms with van der Waals surface area (Å²) < 4.78 is 18.5. The smallest absolute Gasteiger partial charge is 0.315 e. The fourth-order valence-electron chi connectivity index (χ4n) is 1.79. The second-order valence-electron chi connectivity index (χ2n) is 4.29. The molecule has 0 saturated carbocycles. The van der Waals surface area contributed by atoms with Gasteiger partial charge >= 0.3 is 6.01 Å². The number of thiophene rings is 1. The Balaban J connectivity index is 1.60. The van der Waals surface area contributed by atoms with Crippen LogP contribution in [0.25, 0.3) is 0 Å². The molecule has 102 valence electrons. The van der Waals surface area contributed by atoms with Gasteiger partial charge in [-0.05, 0) is 40.1 Å². The van der Waals surface area contributed by atoms with E-state index in [4.69, 9.17) is 4.42 Å². The van der Waals surface area contributed by atoms with Crippen LogP contribution in [0.3, 0.4) is 0 Å². The van der Waals surface area contributed by atoms with E-state index in [2.05, 4.69) is 15.5 Å². The number of aromatic nitrogens is 2. The molecule has 2 aromatic heterocycles. The molecule has 0 amide bonds. The van der Waals surface area contributed by atoms with Crippen molar-refractivity contribution >= 4 is 17.4 Å². The average molecular weight is 289 g/mol. The van der Waals surface area contributed by atoms with Crippen molar-refractivity contribution < 1.29 is 8.81 Å². The van der Waals surface area contributed by atoms with Gasteiger partial charge in [0.05, 0.1) is 6.42 Å². The van der Waals surface area contributed by atoms with Crippen LogP contribution in [-0.2, 0) is 13.0 Å². The monoisotopic (exact) mass is 289 g/mol. The summed E-state index contributed by atoms with van der Waals surface area (Å²) in [4.78, 5) is 0. The summed E-state index contributed by atoms with van der Waals surface area (Å²) in [6.07, 6.45) is 0.623. The van der Waals surface area contributed by atoms with Gasteiger partial charge in [0.15, 0.2) is 0 Å². The van der Waals surface area contributed by atoms with Crippen LogP contribution < -0.4 is 5.32 Å². The van der Waals surface area contributed by atoms with Gasteiger partial charge in [-0.3, -0.25) is 0 Å². The van der Waals surface area contributed by atoms with E-state index in [1.54, 1.807) is 17.4 Å². The zero-order valence-corrected chi connectivity index (χ0v) is 11.4. The van der Waals surface area contributed by atoms with Crippen LogP contribution >= 0.6 is 11.3 Å². The Hall–Kier alpha value is -2.21. The quantitative estimate of drug-likeness (QED) is 0.781. The van der Waals surface area contributed by atoms with Gasteiger partial charge in [0.2, 0.25) is 5.89 Å². The number of rotatable bonds is 5. The Morgan fingerprint density at radius 2 is 2.15 bits per heavy atom. The lowest BCUT2D eigenvalue weighted by Crippen LogP contribution is -1.99. The highest BCUT2D eigenvalue weighted by molar-refractivity contribution is 7.07. The van der Waals surface area contributed by atoms with E-state index < -0.39 is 0 Å². The van der Waals surface area contributed by atoms with E-state index in [1.807, 2.05) is 22.9 Å². The molecule has 1 aromatic carbocycles. The van der Waals surface area contributed by atoms with E-state index in [-0.39, 0.29) is 5.82 Å². The minimum atomic E-state index is -0.257. The highest BCUT2D eigenvalue weighted by atomic mass is 32.1. The van der Waals surface area contributed by atoms with E-state index in [0.29, 0.717) is 24.9 Å². The molecule has 2 heterocycles. The predicted octanol–water partition coefficient (Wildman–Crippen LogP) is 3.47. The van der Waals surface area contributed by atoms with E-state index in [9.17, 15) is 4.39 Å². The van der Waals surface area contributed by atoms with Crippen molar-refractivity contribution in [2.75, 3.05) is 5.32 Å². The van der Waals surface area contributed by atoms with Gasteiger partial charge in [-0.15, -0.1) is 5.10 Å². The van der Waals surface area contributed by atoms with Crippen molar-refractivity contribution in [3.63, 3.8) is 0 Å². The number of nitrogens with zero attached hydrogens (tertiary/aromatic N) is 2. The third kappa shape index (κ3) is 3.21. The Bertz CT molecular complexity index is 681. The molecular formula is C14H12FN3OS. The van der Waals surface area contributed by atoms with Crippen molar-refractivity contribution in [3.8, 4) is 0 Å². The van der Waals surface area contributed by atoms with Crippen LogP contribution in [0, 0.1) is 5.82 Å². The van der Waals surface area contributed by atoms with Gasteiger partial charge in [-0.1, -0.05) is 17.2 Å². The minimum Gasteiger partial charge on any atom is -0.408 e. The Kier molecular flexibility index (Phi) is 3.73. The van der Waals surface area contributed by atoms with Gasteiger partial charge in [-0.2, -0.15) is 11.3 Å². The standard InChI is InChI=1S/C14H12FN3OS/c15-12-3-1-2-10(6-12)8-16-14-18-17-13(19-14)7-11-4-5-20-9-11/h1-6,9H,7-8H2,(H,16,18). The van der Waals surface area contributed by atoms with Gasteiger partial charge in [0.25, 0.3) is 0 Å². The zero-order valence-electron chi connectivity index (χ0n) is 10.5. The van der Waals surface area contributed by atoms with E-state index in [1.165, 1.54) is 12.1 Å². The van der Waals surface area contributed by atoms with Crippen molar-refractivity contribution in [1.82, 2.24) is 10.2 Å². The Morgan fingerprint density at radius 3 is 2.95 bits per heavy atom. The third-order valence-corrected chi connectivity index (χ3v) is 3.47. The molecule has 3 aromatic rings. The molecule has 0 bridgehead atoms. The van der Waals surface area contributed by atoms with Gasteiger partial charge < -0.3 is 9.73 Å². The van der Waals surface area contributed by atoms with Gasteiger partial charge in [0, 0.05) is 6.54 Å². The normalized spacial score (nSPS) is 10.7. The molecule has 3 rings (SSSR count). The maximum atomic E-state index is 13.0. The molecule has 0 spiro atoms. The van der Waals surface area contributed by atoms with Crippen molar-refractivity contribution in [3.05, 3.63) is 63.9 Å². The molecule has 0 atom stereocenters. The SMILES string of the molecule is Fc1cccc(CNc2nnc(Cc3ccsc3)o2)c1. The topological polar surface area (TPSA) is 51.0 Å². The first kappa shape index (κ1) is 12.8. The second-order valence-corrected chi connectivity index (χ2v) is 5.07. The van der Waals surface area contributed by atoms with Crippen molar-refractivity contribution in [2.45, 2.75) is 13.0 Å². The van der Waals surface area contributed by atoms with Crippen LogP contribution in [0.15, 0.2) is 45.5 Å². The molecule has 20 heavy (non-hydrogen) atoms. The molecule has 1 N–H and O–H groups in total. The van der Waals surface area contributed by atoms with Crippen LogP contribution in [-0.4, -0.2) is 10.2 Å². The van der Waals surface area contributed by atoms with E-state index >= 15 is 0 Å². The molecule has 0 unspecified atom stereocenters. The summed E-state index contributed by atoms with van der Waals surface area (Å²) >= 11 is 1.63. The minimum absolute atomic E-state index is 0.257. The maximum absolute atomic E-state index is 13.0. The molecule has 4 nitrogen and oxygen atoms in total. The summed E-state index contributed by atoms with van der Waals surface area (Å²) in [7, 11) is 0.